The first kappa shape index (κ1) is 11.4. The van der Waals surface area contributed by atoms with E-state index in [0.717, 1.165) is 6.42 Å². The first-order valence-electron chi connectivity index (χ1n) is 5.21. The van der Waals surface area contributed by atoms with E-state index in [9.17, 15) is 14.4 Å². The SMILES string of the molecule is O=C(O)CC1(N2C(=O)CSCC2=O)CCC1. The summed E-state index contributed by atoms with van der Waals surface area (Å²) < 4.78 is 0. The van der Waals surface area contributed by atoms with Crippen molar-refractivity contribution >= 4 is 29.5 Å². The highest BCUT2D eigenvalue weighted by atomic mass is 32.2. The Labute approximate surface area is 97.2 Å². The summed E-state index contributed by atoms with van der Waals surface area (Å²) >= 11 is 1.30. The van der Waals surface area contributed by atoms with Crippen LogP contribution in [0.3, 0.4) is 0 Å². The summed E-state index contributed by atoms with van der Waals surface area (Å²) in [6.45, 7) is 0. The number of aliphatic carboxylic acids is 1. The van der Waals surface area contributed by atoms with Crippen molar-refractivity contribution in [2.24, 2.45) is 0 Å². The molecule has 5 nitrogen and oxygen atoms in total. The predicted molar refractivity (Wildman–Crippen MR) is 58.0 cm³/mol. The van der Waals surface area contributed by atoms with Crippen molar-refractivity contribution in [3.63, 3.8) is 0 Å². The molecule has 2 aliphatic rings. The van der Waals surface area contributed by atoms with E-state index in [2.05, 4.69) is 0 Å². The fourth-order valence-electron chi connectivity index (χ4n) is 2.37. The van der Waals surface area contributed by atoms with Crippen molar-refractivity contribution in [2.45, 2.75) is 31.2 Å². The number of thioether (sulfide) groups is 1. The second kappa shape index (κ2) is 4.08. The van der Waals surface area contributed by atoms with Crippen LogP contribution in [0, 0.1) is 0 Å². The number of amides is 2. The molecule has 1 aliphatic carbocycles. The second-order valence-corrected chi connectivity index (χ2v) is 5.25. The van der Waals surface area contributed by atoms with Gasteiger partial charge in [0.15, 0.2) is 0 Å². The maximum Gasteiger partial charge on any atom is 0.305 e. The summed E-state index contributed by atoms with van der Waals surface area (Å²) in [5.41, 5.74) is -0.721. The number of carbonyl (C=O) groups excluding carboxylic acids is 2. The van der Waals surface area contributed by atoms with Gasteiger partial charge in [-0.1, -0.05) is 0 Å². The molecule has 0 spiro atoms. The number of carbonyl (C=O) groups is 3. The number of hydrogen-bond acceptors (Lipinski definition) is 4. The molecular weight excluding hydrogens is 230 g/mol. The summed E-state index contributed by atoms with van der Waals surface area (Å²) in [5.74, 6) is -0.844. The number of hydrogen-bond donors (Lipinski definition) is 1. The predicted octanol–water partition coefficient (Wildman–Crippen LogP) is 0.486. The minimum Gasteiger partial charge on any atom is -0.481 e. The molecular formula is C10H13NO4S. The average molecular weight is 243 g/mol. The number of imide groups is 1. The van der Waals surface area contributed by atoms with E-state index in [1.807, 2.05) is 0 Å². The maximum atomic E-state index is 11.7. The third kappa shape index (κ3) is 1.81. The molecule has 1 N–H and O–H groups in total. The zero-order valence-electron chi connectivity index (χ0n) is 8.77. The molecule has 0 bridgehead atoms. The number of rotatable bonds is 3. The van der Waals surface area contributed by atoms with Gasteiger partial charge in [0.1, 0.15) is 0 Å². The minimum atomic E-state index is -0.946. The largest absolute Gasteiger partial charge is 0.481 e. The topological polar surface area (TPSA) is 74.7 Å². The van der Waals surface area contributed by atoms with Crippen LogP contribution in [0.2, 0.25) is 0 Å². The van der Waals surface area contributed by atoms with E-state index in [1.54, 1.807) is 0 Å². The molecule has 2 fully saturated rings. The Balaban J connectivity index is 2.21. The summed E-state index contributed by atoms with van der Waals surface area (Å²) in [6.07, 6.45) is 2.02. The first-order chi connectivity index (χ1) is 7.55. The van der Waals surface area contributed by atoms with Crippen molar-refractivity contribution in [1.29, 1.82) is 0 Å². The molecule has 88 valence electrons. The van der Waals surface area contributed by atoms with Crippen molar-refractivity contribution in [3.8, 4) is 0 Å². The molecule has 1 heterocycles. The molecule has 0 aromatic carbocycles. The normalized spacial score (nSPS) is 24.1. The fraction of sp³-hybridized carbons (Fsp3) is 0.700. The van der Waals surface area contributed by atoms with Crippen LogP contribution < -0.4 is 0 Å². The summed E-state index contributed by atoms with van der Waals surface area (Å²) in [7, 11) is 0. The van der Waals surface area contributed by atoms with Gasteiger partial charge in [-0.15, -0.1) is 11.8 Å². The molecule has 0 radical (unpaired) electrons. The second-order valence-electron chi connectivity index (χ2n) is 4.26. The Morgan fingerprint density at radius 2 is 1.88 bits per heavy atom. The van der Waals surface area contributed by atoms with Gasteiger partial charge in [0, 0.05) is 0 Å². The van der Waals surface area contributed by atoms with Crippen LogP contribution in [0.1, 0.15) is 25.7 Å². The van der Waals surface area contributed by atoms with Crippen LogP contribution in [0.15, 0.2) is 0 Å². The molecule has 1 saturated carbocycles. The maximum absolute atomic E-state index is 11.7. The van der Waals surface area contributed by atoms with Crippen molar-refractivity contribution in [1.82, 2.24) is 4.90 Å². The van der Waals surface area contributed by atoms with Gasteiger partial charge in [-0.25, -0.2) is 0 Å². The van der Waals surface area contributed by atoms with Crippen molar-refractivity contribution in [2.75, 3.05) is 11.5 Å². The van der Waals surface area contributed by atoms with Gasteiger partial charge in [0.2, 0.25) is 11.8 Å². The highest BCUT2D eigenvalue weighted by Gasteiger charge is 2.50. The molecule has 1 saturated heterocycles. The Bertz CT molecular complexity index is 335. The minimum absolute atomic E-state index is 0.116. The highest BCUT2D eigenvalue weighted by Crippen LogP contribution is 2.42. The van der Waals surface area contributed by atoms with Gasteiger partial charge in [-0.2, -0.15) is 0 Å². The Kier molecular flexibility index (Phi) is 2.92. The molecule has 16 heavy (non-hydrogen) atoms. The van der Waals surface area contributed by atoms with E-state index in [-0.39, 0.29) is 29.7 Å². The molecule has 1 aliphatic heterocycles. The lowest BCUT2D eigenvalue weighted by Gasteiger charge is -2.49. The van der Waals surface area contributed by atoms with Crippen LogP contribution in [0.4, 0.5) is 0 Å². The van der Waals surface area contributed by atoms with Crippen LogP contribution in [0.25, 0.3) is 0 Å². The van der Waals surface area contributed by atoms with E-state index in [0.29, 0.717) is 12.8 Å². The third-order valence-corrected chi connectivity index (χ3v) is 4.09. The van der Waals surface area contributed by atoms with Crippen LogP contribution >= 0.6 is 11.8 Å². The lowest BCUT2D eigenvalue weighted by atomic mass is 9.72. The van der Waals surface area contributed by atoms with Gasteiger partial charge in [-0.05, 0) is 19.3 Å². The van der Waals surface area contributed by atoms with Gasteiger partial charge in [-0.3, -0.25) is 19.3 Å². The summed E-state index contributed by atoms with van der Waals surface area (Å²) in [4.78, 5) is 35.5. The van der Waals surface area contributed by atoms with E-state index < -0.39 is 11.5 Å². The van der Waals surface area contributed by atoms with Gasteiger partial charge in [0.25, 0.3) is 0 Å². The zero-order chi connectivity index (χ0) is 11.8. The number of carboxylic acids is 1. The van der Waals surface area contributed by atoms with Crippen LogP contribution in [0.5, 0.6) is 0 Å². The molecule has 6 heteroatoms. The highest BCUT2D eigenvalue weighted by molar-refractivity contribution is 8.00. The Hall–Kier alpha value is -1.04. The molecule has 2 amide bonds. The lowest BCUT2D eigenvalue weighted by Crippen LogP contribution is -2.61. The number of carboxylic acid groups (broad SMARTS) is 1. The van der Waals surface area contributed by atoms with Crippen LogP contribution in [-0.4, -0.2) is 44.8 Å². The number of nitrogens with zero attached hydrogens (tertiary/aromatic N) is 1. The molecule has 2 rings (SSSR count). The van der Waals surface area contributed by atoms with Gasteiger partial charge < -0.3 is 5.11 Å². The average Bonchev–Trinajstić information content (AvgIpc) is 2.12. The third-order valence-electron chi connectivity index (χ3n) is 3.19. The Morgan fingerprint density at radius 1 is 1.31 bits per heavy atom. The molecule has 0 atom stereocenters. The fourth-order valence-corrected chi connectivity index (χ4v) is 3.08. The first-order valence-corrected chi connectivity index (χ1v) is 6.36. The lowest BCUT2D eigenvalue weighted by molar-refractivity contribution is -0.158. The molecule has 0 aromatic heterocycles. The van der Waals surface area contributed by atoms with Crippen molar-refractivity contribution in [3.05, 3.63) is 0 Å². The smallest absolute Gasteiger partial charge is 0.305 e. The quantitative estimate of drug-likeness (QED) is 0.730. The van der Waals surface area contributed by atoms with E-state index in [1.165, 1.54) is 16.7 Å². The Morgan fingerprint density at radius 3 is 2.25 bits per heavy atom. The monoisotopic (exact) mass is 243 g/mol. The summed E-state index contributed by atoms with van der Waals surface area (Å²) in [6, 6.07) is 0. The van der Waals surface area contributed by atoms with Crippen LogP contribution in [-0.2, 0) is 14.4 Å². The van der Waals surface area contributed by atoms with Crippen molar-refractivity contribution < 1.29 is 19.5 Å². The zero-order valence-corrected chi connectivity index (χ0v) is 9.59. The molecule has 0 unspecified atom stereocenters. The summed E-state index contributed by atoms with van der Waals surface area (Å²) in [5, 5.41) is 8.86. The molecule has 0 aromatic rings. The van der Waals surface area contributed by atoms with Gasteiger partial charge >= 0.3 is 5.97 Å². The van der Waals surface area contributed by atoms with E-state index >= 15 is 0 Å². The standard InChI is InChI=1S/C10H13NO4S/c12-7-5-16-6-8(13)11(7)10(2-1-3-10)4-9(14)15/h1-6H2,(H,14,15). The van der Waals surface area contributed by atoms with E-state index in [4.69, 9.17) is 5.11 Å². The van der Waals surface area contributed by atoms with Gasteiger partial charge in [0.05, 0.1) is 23.5 Å².